The molecule has 0 aromatic heterocycles. The molecule has 194 valence electrons. The van der Waals surface area contributed by atoms with Crippen LogP contribution in [-0.4, -0.2) is 22.8 Å². The van der Waals surface area contributed by atoms with E-state index in [1.807, 2.05) is 72.8 Å². The fourth-order valence-electron chi connectivity index (χ4n) is 4.18. The first-order valence-electron chi connectivity index (χ1n) is 12.2. The van der Waals surface area contributed by atoms with Gasteiger partial charge in [0.2, 0.25) is 11.8 Å². The van der Waals surface area contributed by atoms with Crippen LogP contribution in [0.3, 0.4) is 0 Å². The minimum absolute atomic E-state index is 0.144. The van der Waals surface area contributed by atoms with Crippen molar-refractivity contribution in [2.75, 3.05) is 0 Å². The molecule has 0 aliphatic carbocycles. The summed E-state index contributed by atoms with van der Waals surface area (Å²) in [4.78, 5) is 29.2. The van der Waals surface area contributed by atoms with E-state index in [1.165, 1.54) is 0 Å². The Labute approximate surface area is 238 Å². The van der Waals surface area contributed by atoms with Crippen molar-refractivity contribution in [1.82, 2.24) is 10.2 Å². The Morgan fingerprint density at radius 2 is 1.32 bits per heavy atom. The molecule has 0 spiro atoms. The smallest absolute Gasteiger partial charge is 0.243 e. The largest absolute Gasteiger partial charge is 0.350 e. The van der Waals surface area contributed by atoms with Crippen LogP contribution in [0.2, 0.25) is 15.1 Å². The number of carbonyl (C=O) groups is 2. The molecule has 4 rings (SSSR count). The van der Waals surface area contributed by atoms with Gasteiger partial charge in [-0.3, -0.25) is 9.59 Å². The second-order valence-electron chi connectivity index (χ2n) is 8.97. The van der Waals surface area contributed by atoms with Gasteiger partial charge in [-0.25, -0.2) is 0 Å². The summed E-state index contributed by atoms with van der Waals surface area (Å²) < 4.78 is 0. The molecule has 0 bridgehead atoms. The number of nitrogens with zero attached hydrogens (tertiary/aromatic N) is 1. The SMILES string of the molecule is O=C(NCc1ccc(Cl)cc1Cl)C(Cc1ccccc1)N(Cc1ccccc1)C(=O)Cc1ccc(Cl)cc1. The van der Waals surface area contributed by atoms with Crippen molar-refractivity contribution in [3.05, 3.63) is 140 Å². The topological polar surface area (TPSA) is 49.4 Å². The van der Waals surface area contributed by atoms with Crippen molar-refractivity contribution in [1.29, 1.82) is 0 Å². The first-order chi connectivity index (χ1) is 18.4. The zero-order chi connectivity index (χ0) is 26.9. The molecule has 0 radical (unpaired) electrons. The fourth-order valence-corrected chi connectivity index (χ4v) is 4.78. The zero-order valence-corrected chi connectivity index (χ0v) is 22.9. The van der Waals surface area contributed by atoms with Gasteiger partial charge in [0, 0.05) is 34.6 Å². The summed E-state index contributed by atoms with van der Waals surface area (Å²) in [5.41, 5.74) is 3.45. The molecule has 4 aromatic rings. The maximum absolute atomic E-state index is 13.8. The first-order valence-corrected chi connectivity index (χ1v) is 13.4. The van der Waals surface area contributed by atoms with Crippen molar-refractivity contribution >= 4 is 46.6 Å². The van der Waals surface area contributed by atoms with Crippen LogP contribution < -0.4 is 5.32 Å². The summed E-state index contributed by atoms with van der Waals surface area (Å²) in [6.45, 7) is 0.505. The van der Waals surface area contributed by atoms with E-state index in [1.54, 1.807) is 35.2 Å². The van der Waals surface area contributed by atoms with Gasteiger partial charge in [0.25, 0.3) is 0 Å². The summed E-state index contributed by atoms with van der Waals surface area (Å²) in [7, 11) is 0. The van der Waals surface area contributed by atoms with Crippen molar-refractivity contribution in [3.8, 4) is 0 Å². The fraction of sp³-hybridized carbons (Fsp3) is 0.161. The number of hydrogen-bond donors (Lipinski definition) is 1. The van der Waals surface area contributed by atoms with E-state index in [0.29, 0.717) is 28.0 Å². The van der Waals surface area contributed by atoms with Gasteiger partial charge in [-0.15, -0.1) is 0 Å². The maximum atomic E-state index is 13.8. The molecule has 1 N–H and O–H groups in total. The standard InChI is InChI=1S/C31H27Cl3N2O2/c32-26-14-11-23(12-15-26)18-30(37)36(21-24-9-5-2-6-10-24)29(17-22-7-3-1-4-8-22)31(38)35-20-25-13-16-27(33)19-28(25)34/h1-16,19,29H,17-18,20-21H2,(H,35,38). The van der Waals surface area contributed by atoms with Crippen molar-refractivity contribution in [2.45, 2.75) is 32.0 Å². The third-order valence-electron chi connectivity index (χ3n) is 6.20. The predicted molar refractivity (Wildman–Crippen MR) is 154 cm³/mol. The summed E-state index contributed by atoms with van der Waals surface area (Å²) >= 11 is 18.4. The van der Waals surface area contributed by atoms with E-state index in [-0.39, 0.29) is 24.8 Å². The predicted octanol–water partition coefficient (Wildman–Crippen LogP) is 7.15. The Kier molecular flexibility index (Phi) is 9.83. The second-order valence-corrected chi connectivity index (χ2v) is 10.2. The van der Waals surface area contributed by atoms with Crippen LogP contribution in [0.5, 0.6) is 0 Å². The molecular weight excluding hydrogens is 539 g/mol. The number of nitrogens with one attached hydrogen (secondary N) is 1. The van der Waals surface area contributed by atoms with Gasteiger partial charge < -0.3 is 10.2 Å². The number of carbonyl (C=O) groups excluding carboxylic acids is 2. The van der Waals surface area contributed by atoms with Crippen molar-refractivity contribution in [3.63, 3.8) is 0 Å². The molecule has 0 fully saturated rings. The quantitative estimate of drug-likeness (QED) is 0.222. The minimum atomic E-state index is -0.747. The molecule has 0 saturated carbocycles. The van der Waals surface area contributed by atoms with E-state index in [2.05, 4.69) is 5.32 Å². The van der Waals surface area contributed by atoms with Gasteiger partial charge >= 0.3 is 0 Å². The Bertz CT molecular complexity index is 1360. The molecule has 0 saturated heterocycles. The molecule has 0 aliphatic rings. The average Bonchev–Trinajstić information content (AvgIpc) is 2.92. The molecule has 1 unspecified atom stereocenters. The third kappa shape index (κ3) is 7.84. The molecule has 1 atom stereocenters. The highest BCUT2D eigenvalue weighted by atomic mass is 35.5. The Morgan fingerprint density at radius 3 is 1.95 bits per heavy atom. The Morgan fingerprint density at radius 1 is 0.711 bits per heavy atom. The maximum Gasteiger partial charge on any atom is 0.243 e. The van der Waals surface area contributed by atoms with Crippen LogP contribution in [0.1, 0.15) is 22.3 Å². The van der Waals surface area contributed by atoms with Gasteiger partial charge in [0.05, 0.1) is 6.42 Å². The number of rotatable bonds is 10. The van der Waals surface area contributed by atoms with E-state index >= 15 is 0 Å². The van der Waals surface area contributed by atoms with E-state index in [4.69, 9.17) is 34.8 Å². The van der Waals surface area contributed by atoms with E-state index in [0.717, 1.165) is 22.3 Å². The Balaban J connectivity index is 1.64. The van der Waals surface area contributed by atoms with E-state index in [9.17, 15) is 9.59 Å². The lowest BCUT2D eigenvalue weighted by Crippen LogP contribution is -2.50. The monoisotopic (exact) mass is 564 g/mol. The molecule has 38 heavy (non-hydrogen) atoms. The van der Waals surface area contributed by atoms with Gasteiger partial charge in [0.1, 0.15) is 6.04 Å². The lowest BCUT2D eigenvalue weighted by Gasteiger charge is -2.32. The molecular formula is C31H27Cl3N2O2. The summed E-state index contributed by atoms with van der Waals surface area (Å²) in [5, 5.41) is 4.59. The minimum Gasteiger partial charge on any atom is -0.350 e. The van der Waals surface area contributed by atoms with Crippen LogP contribution in [0.25, 0.3) is 0 Å². The summed E-state index contributed by atoms with van der Waals surface area (Å²) in [6.07, 6.45) is 0.506. The average molecular weight is 566 g/mol. The van der Waals surface area contributed by atoms with Gasteiger partial charge in [-0.05, 0) is 46.5 Å². The highest BCUT2D eigenvalue weighted by Crippen LogP contribution is 2.22. The van der Waals surface area contributed by atoms with Crippen LogP contribution in [-0.2, 0) is 35.5 Å². The van der Waals surface area contributed by atoms with Crippen molar-refractivity contribution < 1.29 is 9.59 Å². The molecule has 4 nitrogen and oxygen atoms in total. The number of benzene rings is 4. The van der Waals surface area contributed by atoms with Crippen LogP contribution >= 0.6 is 34.8 Å². The Hall–Kier alpha value is -3.31. The van der Waals surface area contributed by atoms with Gasteiger partial charge in [-0.2, -0.15) is 0 Å². The normalized spacial score (nSPS) is 11.6. The number of hydrogen-bond acceptors (Lipinski definition) is 2. The highest BCUT2D eigenvalue weighted by molar-refractivity contribution is 6.35. The molecule has 0 aliphatic heterocycles. The summed E-state index contributed by atoms with van der Waals surface area (Å²) in [5.74, 6) is -0.419. The lowest BCUT2D eigenvalue weighted by atomic mass is 10.0. The molecule has 4 aromatic carbocycles. The van der Waals surface area contributed by atoms with Gasteiger partial charge in [0.15, 0.2) is 0 Å². The second kappa shape index (κ2) is 13.5. The summed E-state index contributed by atoms with van der Waals surface area (Å²) in [6, 6.07) is 31.0. The number of halogens is 3. The molecule has 7 heteroatoms. The highest BCUT2D eigenvalue weighted by Gasteiger charge is 2.30. The molecule has 0 heterocycles. The molecule has 2 amide bonds. The zero-order valence-electron chi connectivity index (χ0n) is 20.6. The van der Waals surface area contributed by atoms with Crippen LogP contribution in [0.4, 0.5) is 0 Å². The first kappa shape index (κ1) is 27.7. The third-order valence-corrected chi connectivity index (χ3v) is 7.04. The van der Waals surface area contributed by atoms with Crippen LogP contribution in [0.15, 0.2) is 103 Å². The van der Waals surface area contributed by atoms with Crippen LogP contribution in [0, 0.1) is 0 Å². The number of amides is 2. The van der Waals surface area contributed by atoms with E-state index < -0.39 is 6.04 Å². The lowest BCUT2D eigenvalue weighted by molar-refractivity contribution is -0.140. The van der Waals surface area contributed by atoms with Gasteiger partial charge in [-0.1, -0.05) is 114 Å². The van der Waals surface area contributed by atoms with Crippen molar-refractivity contribution in [2.24, 2.45) is 0 Å².